The molecule has 4 nitrogen and oxygen atoms in total. The standard InChI is InChI=1S/C55H39N3OS/c1-36-29-31-50-52(33-36)60(59)51-32-30-45-53(54(51)58(50)39-21-9-4-10-22-39)41-23-11-12-24-42(41)55(45)43-25-13-15-27-48(43)57(49-28-16-14-26-44(49)55)40-34-46(37-17-5-2-6-18-37)56-47(35-40)38-19-7-3-8-20-38/h2-32,34-36H,33H2,1H3. The molecule has 4 aliphatic rings. The quantitative estimate of drug-likeness (QED) is 0.178. The molecule has 5 heteroatoms. The normalized spacial score (nSPS) is 17.7. The third-order valence-electron chi connectivity index (χ3n) is 12.7. The fraction of sp³-hybridized carbons (Fsp3) is 0.0727. The molecule has 0 N–H and O–H groups in total. The SMILES string of the molecule is CC1C=CC2=C(C1)S(=O)c1ccc3c(c1N2c1ccccc1)-c1ccccc1C31c2ccccc2N(c2cc(-c3ccccc3)nc(-c3ccccc3)c2)c2ccccc21. The lowest BCUT2D eigenvalue weighted by molar-refractivity contribution is 0.670. The van der Waals surface area contributed by atoms with Gasteiger partial charge in [0.25, 0.3) is 0 Å². The second-order valence-corrected chi connectivity index (χ2v) is 17.6. The largest absolute Gasteiger partial charge is 0.310 e. The molecule has 2 unspecified atom stereocenters. The van der Waals surface area contributed by atoms with Crippen LogP contribution >= 0.6 is 0 Å². The number of benzene rings is 7. The van der Waals surface area contributed by atoms with E-state index < -0.39 is 16.2 Å². The van der Waals surface area contributed by atoms with Crippen molar-refractivity contribution in [3.05, 3.63) is 233 Å². The first-order valence-electron chi connectivity index (χ1n) is 20.7. The summed E-state index contributed by atoms with van der Waals surface area (Å²) in [5.74, 6) is 0.316. The van der Waals surface area contributed by atoms with E-state index in [1.54, 1.807) is 0 Å². The van der Waals surface area contributed by atoms with Crippen molar-refractivity contribution in [1.82, 2.24) is 4.98 Å². The zero-order valence-electron chi connectivity index (χ0n) is 33.0. The summed E-state index contributed by atoms with van der Waals surface area (Å²) in [5.41, 5.74) is 16.8. The van der Waals surface area contributed by atoms with Crippen molar-refractivity contribution in [1.29, 1.82) is 0 Å². The Morgan fingerprint density at radius 1 is 0.567 bits per heavy atom. The van der Waals surface area contributed by atoms with Gasteiger partial charge in [-0.1, -0.05) is 159 Å². The lowest BCUT2D eigenvalue weighted by atomic mass is 9.64. The smallest absolute Gasteiger partial charge is 0.0851 e. The van der Waals surface area contributed by atoms with Gasteiger partial charge in [-0.25, -0.2) is 9.19 Å². The number of para-hydroxylation sites is 3. The number of hydrogen-bond acceptors (Lipinski definition) is 4. The van der Waals surface area contributed by atoms with Gasteiger partial charge in [-0.2, -0.15) is 0 Å². The Kier molecular flexibility index (Phi) is 7.85. The average molecular weight is 790 g/mol. The molecule has 1 aromatic heterocycles. The molecular formula is C55H39N3OS. The molecule has 0 bridgehead atoms. The van der Waals surface area contributed by atoms with Crippen molar-refractivity contribution in [2.45, 2.75) is 23.7 Å². The van der Waals surface area contributed by atoms with Gasteiger partial charge in [-0.3, -0.25) is 0 Å². The maximum atomic E-state index is 14.9. The Balaban J connectivity index is 1.15. The van der Waals surface area contributed by atoms with E-state index in [1.807, 2.05) is 0 Å². The minimum atomic E-state index is -1.32. The number of hydrogen-bond donors (Lipinski definition) is 0. The number of anilines is 5. The van der Waals surface area contributed by atoms with Gasteiger partial charge in [0.15, 0.2) is 0 Å². The van der Waals surface area contributed by atoms with Gasteiger partial charge in [-0.05, 0) is 88.7 Å². The predicted octanol–water partition coefficient (Wildman–Crippen LogP) is 13.6. The summed E-state index contributed by atoms with van der Waals surface area (Å²) in [6.45, 7) is 2.21. The molecule has 1 spiro atoms. The van der Waals surface area contributed by atoms with Crippen LogP contribution in [0.1, 0.15) is 35.6 Å². The molecule has 3 heterocycles. The molecule has 286 valence electrons. The van der Waals surface area contributed by atoms with E-state index in [-0.39, 0.29) is 0 Å². The molecule has 0 saturated heterocycles. The lowest BCUT2D eigenvalue weighted by Gasteiger charge is -2.45. The fourth-order valence-corrected chi connectivity index (χ4v) is 11.8. The molecule has 60 heavy (non-hydrogen) atoms. The zero-order chi connectivity index (χ0) is 40.0. The summed E-state index contributed by atoms with van der Waals surface area (Å²) in [6.07, 6.45) is 5.24. The number of allylic oxidation sites excluding steroid dienone is 3. The average Bonchev–Trinajstić information content (AvgIpc) is 3.61. The topological polar surface area (TPSA) is 36.4 Å². The maximum absolute atomic E-state index is 14.9. The van der Waals surface area contributed by atoms with E-state index in [4.69, 9.17) is 4.98 Å². The van der Waals surface area contributed by atoms with Crippen molar-refractivity contribution in [3.63, 3.8) is 0 Å². The van der Waals surface area contributed by atoms with E-state index in [2.05, 4.69) is 217 Å². The number of pyridine rings is 1. The van der Waals surface area contributed by atoms with Crippen molar-refractivity contribution in [2.75, 3.05) is 9.80 Å². The van der Waals surface area contributed by atoms with Gasteiger partial charge in [0.05, 0.1) is 60.9 Å². The maximum Gasteiger partial charge on any atom is 0.0851 e. The highest BCUT2D eigenvalue weighted by atomic mass is 32.2. The van der Waals surface area contributed by atoms with Crippen molar-refractivity contribution >= 4 is 39.2 Å². The van der Waals surface area contributed by atoms with Crippen LogP contribution in [-0.2, 0) is 16.2 Å². The summed E-state index contributed by atoms with van der Waals surface area (Å²) < 4.78 is 14.9. The molecule has 12 rings (SSSR count). The molecular weight excluding hydrogens is 751 g/mol. The van der Waals surface area contributed by atoms with Crippen LogP contribution < -0.4 is 9.80 Å². The number of rotatable bonds is 4. The van der Waals surface area contributed by atoms with Gasteiger partial charge in [0, 0.05) is 27.3 Å². The molecule has 2 aliphatic carbocycles. The van der Waals surface area contributed by atoms with Crippen LogP contribution in [0.3, 0.4) is 0 Å². The number of nitrogens with zero attached hydrogens (tertiary/aromatic N) is 3. The lowest BCUT2D eigenvalue weighted by Crippen LogP contribution is -2.36. The molecule has 0 amide bonds. The Labute approximate surface area is 352 Å². The van der Waals surface area contributed by atoms with Crippen molar-refractivity contribution in [3.8, 4) is 33.6 Å². The summed E-state index contributed by atoms with van der Waals surface area (Å²) in [5, 5.41) is 0. The van der Waals surface area contributed by atoms with Gasteiger partial charge in [0.2, 0.25) is 0 Å². The Bertz CT molecular complexity index is 3010. The van der Waals surface area contributed by atoms with E-state index in [1.165, 1.54) is 27.8 Å². The molecule has 2 atom stereocenters. The van der Waals surface area contributed by atoms with Crippen molar-refractivity contribution < 1.29 is 4.21 Å². The van der Waals surface area contributed by atoms with E-state index in [9.17, 15) is 4.21 Å². The zero-order valence-corrected chi connectivity index (χ0v) is 33.8. The van der Waals surface area contributed by atoms with E-state index in [0.29, 0.717) is 5.92 Å². The molecule has 2 aliphatic heterocycles. The summed E-state index contributed by atoms with van der Waals surface area (Å²) in [6, 6.07) is 67.3. The summed E-state index contributed by atoms with van der Waals surface area (Å²) >= 11 is 0. The van der Waals surface area contributed by atoms with Crippen LogP contribution in [0.15, 0.2) is 216 Å². The first kappa shape index (κ1) is 34.9. The Morgan fingerprint density at radius 3 is 1.75 bits per heavy atom. The van der Waals surface area contributed by atoms with Crippen LogP contribution in [0, 0.1) is 5.92 Å². The Morgan fingerprint density at radius 2 is 1.12 bits per heavy atom. The van der Waals surface area contributed by atoms with Crippen LogP contribution in [0.2, 0.25) is 0 Å². The molecule has 0 fully saturated rings. The molecule has 8 aromatic rings. The minimum absolute atomic E-state index is 0.316. The molecule has 0 radical (unpaired) electrons. The van der Waals surface area contributed by atoms with E-state index in [0.717, 1.165) is 78.4 Å². The monoisotopic (exact) mass is 789 g/mol. The first-order valence-corrected chi connectivity index (χ1v) is 21.8. The predicted molar refractivity (Wildman–Crippen MR) is 246 cm³/mol. The first-order chi connectivity index (χ1) is 29.6. The third kappa shape index (κ3) is 4.96. The van der Waals surface area contributed by atoms with Gasteiger partial charge < -0.3 is 9.80 Å². The van der Waals surface area contributed by atoms with Crippen LogP contribution in [-0.4, -0.2) is 9.19 Å². The third-order valence-corrected chi connectivity index (χ3v) is 14.3. The fourth-order valence-electron chi connectivity index (χ4n) is 10.2. The van der Waals surface area contributed by atoms with Crippen LogP contribution in [0.25, 0.3) is 33.6 Å². The van der Waals surface area contributed by atoms with Gasteiger partial charge in [-0.15, -0.1) is 0 Å². The molecule has 0 saturated carbocycles. The van der Waals surface area contributed by atoms with Gasteiger partial charge >= 0.3 is 0 Å². The molecule has 7 aromatic carbocycles. The van der Waals surface area contributed by atoms with Crippen LogP contribution in [0.4, 0.5) is 28.4 Å². The van der Waals surface area contributed by atoms with Gasteiger partial charge in [0.1, 0.15) is 0 Å². The second-order valence-electron chi connectivity index (χ2n) is 16.1. The highest BCUT2D eigenvalue weighted by Gasteiger charge is 2.53. The summed E-state index contributed by atoms with van der Waals surface area (Å²) in [4.78, 5) is 11.9. The second kappa shape index (κ2) is 13.5. The Hall–Kier alpha value is -7.08. The van der Waals surface area contributed by atoms with Crippen LogP contribution in [0.5, 0.6) is 0 Å². The summed E-state index contributed by atoms with van der Waals surface area (Å²) in [7, 11) is -1.32. The van der Waals surface area contributed by atoms with Crippen molar-refractivity contribution in [2.24, 2.45) is 5.92 Å². The number of fused-ring (bicyclic) bond motifs is 11. The highest BCUT2D eigenvalue weighted by molar-refractivity contribution is 7.89. The minimum Gasteiger partial charge on any atom is -0.310 e. The highest BCUT2D eigenvalue weighted by Crippen LogP contribution is 2.66. The van der Waals surface area contributed by atoms with E-state index >= 15 is 0 Å². The number of aromatic nitrogens is 1.